The number of aliphatic hydroxyl groups is 1. The zero-order valence-corrected chi connectivity index (χ0v) is 11.6. The predicted molar refractivity (Wildman–Crippen MR) is 80.8 cm³/mol. The van der Waals surface area contributed by atoms with Crippen LogP contribution in [0.25, 0.3) is 0 Å². The fourth-order valence-electron chi connectivity index (χ4n) is 2.23. The highest BCUT2D eigenvalue weighted by atomic mass is 16.3. The first-order chi connectivity index (χ1) is 9.26. The third-order valence-electron chi connectivity index (χ3n) is 3.36. The summed E-state index contributed by atoms with van der Waals surface area (Å²) in [5.74, 6) is 0. The first kappa shape index (κ1) is 13.6. The molecule has 0 radical (unpaired) electrons. The quantitative estimate of drug-likeness (QED) is 0.861. The number of anilines is 2. The Morgan fingerprint density at radius 2 is 1.47 bits per heavy atom. The molecular weight excluding hydrogens is 234 g/mol. The molecule has 2 nitrogen and oxygen atoms in total. The van der Waals surface area contributed by atoms with Crippen molar-refractivity contribution in [3.63, 3.8) is 0 Å². The van der Waals surface area contributed by atoms with Gasteiger partial charge in [-0.1, -0.05) is 37.3 Å². The predicted octanol–water partition coefficient (Wildman–Crippen LogP) is 4.29. The molecule has 0 heterocycles. The maximum absolute atomic E-state index is 9.82. The number of hydrogen-bond donors (Lipinski definition) is 1. The Bertz CT molecular complexity index is 492. The average molecular weight is 255 g/mol. The maximum Gasteiger partial charge on any atom is 0.0787 e. The van der Waals surface area contributed by atoms with Gasteiger partial charge in [-0.25, -0.2) is 0 Å². The molecule has 0 aliphatic rings. The van der Waals surface area contributed by atoms with Crippen LogP contribution in [0, 0.1) is 0 Å². The molecule has 100 valence electrons. The molecule has 0 aliphatic heterocycles. The van der Waals surface area contributed by atoms with Crippen LogP contribution >= 0.6 is 0 Å². The van der Waals surface area contributed by atoms with Gasteiger partial charge >= 0.3 is 0 Å². The highest BCUT2D eigenvalue weighted by Gasteiger charge is 2.08. The molecule has 0 unspecified atom stereocenters. The summed E-state index contributed by atoms with van der Waals surface area (Å²) in [6.45, 7) is 5.04. The zero-order chi connectivity index (χ0) is 13.7. The Labute approximate surface area is 115 Å². The molecule has 0 spiro atoms. The summed E-state index contributed by atoms with van der Waals surface area (Å²) >= 11 is 0. The lowest BCUT2D eigenvalue weighted by atomic mass is 10.1. The highest BCUT2D eigenvalue weighted by Crippen LogP contribution is 2.26. The molecule has 2 heteroatoms. The van der Waals surface area contributed by atoms with Gasteiger partial charge in [0.25, 0.3) is 0 Å². The van der Waals surface area contributed by atoms with Gasteiger partial charge in [0.1, 0.15) is 0 Å². The van der Waals surface area contributed by atoms with E-state index in [0.717, 1.165) is 24.2 Å². The molecule has 19 heavy (non-hydrogen) atoms. The number of aliphatic hydroxyl groups excluding tert-OH is 1. The van der Waals surface area contributed by atoms with Crippen molar-refractivity contribution in [2.24, 2.45) is 0 Å². The van der Waals surface area contributed by atoms with E-state index in [1.807, 2.05) is 37.3 Å². The molecule has 0 aliphatic carbocycles. The summed E-state index contributed by atoms with van der Waals surface area (Å²) in [4.78, 5) is 2.25. The second kappa shape index (κ2) is 6.39. The Balaban J connectivity index is 2.25. The molecule has 0 saturated carbocycles. The van der Waals surface area contributed by atoms with Crippen LogP contribution < -0.4 is 4.90 Å². The smallest absolute Gasteiger partial charge is 0.0787 e. The van der Waals surface area contributed by atoms with Gasteiger partial charge in [-0.05, 0) is 43.2 Å². The van der Waals surface area contributed by atoms with Crippen molar-refractivity contribution in [3.05, 3.63) is 60.2 Å². The van der Waals surface area contributed by atoms with E-state index < -0.39 is 0 Å². The van der Waals surface area contributed by atoms with Crippen molar-refractivity contribution < 1.29 is 5.11 Å². The van der Waals surface area contributed by atoms with E-state index in [1.54, 1.807) is 0 Å². The van der Waals surface area contributed by atoms with E-state index in [0.29, 0.717) is 0 Å². The Kier molecular flexibility index (Phi) is 4.58. The molecule has 0 saturated heterocycles. The van der Waals surface area contributed by atoms with Gasteiger partial charge in [-0.2, -0.15) is 0 Å². The molecule has 0 amide bonds. The van der Waals surface area contributed by atoms with Crippen LogP contribution in [0.5, 0.6) is 0 Å². The summed E-state index contributed by atoms with van der Waals surface area (Å²) < 4.78 is 0. The van der Waals surface area contributed by atoms with Crippen LogP contribution in [0.4, 0.5) is 11.4 Å². The van der Waals surface area contributed by atoms with E-state index in [9.17, 15) is 5.11 Å². The maximum atomic E-state index is 9.82. The number of para-hydroxylation sites is 1. The van der Waals surface area contributed by atoms with Crippen LogP contribution in [-0.2, 0) is 0 Å². The molecule has 1 N–H and O–H groups in total. The van der Waals surface area contributed by atoms with Crippen molar-refractivity contribution in [1.82, 2.24) is 0 Å². The normalized spacial score (nSPS) is 12.2. The number of rotatable bonds is 5. The Morgan fingerprint density at radius 3 is 2.00 bits per heavy atom. The van der Waals surface area contributed by atoms with Gasteiger partial charge in [0.2, 0.25) is 0 Å². The van der Waals surface area contributed by atoms with Crippen molar-refractivity contribution >= 4 is 11.4 Å². The highest BCUT2D eigenvalue weighted by molar-refractivity contribution is 5.63. The second-order valence-electron chi connectivity index (χ2n) is 4.60. The molecule has 2 aromatic rings. The molecular formula is C17H21NO. The van der Waals surface area contributed by atoms with Crippen LogP contribution in [0.2, 0.25) is 0 Å². The minimum Gasteiger partial charge on any atom is -0.388 e. The zero-order valence-electron chi connectivity index (χ0n) is 11.6. The Hall–Kier alpha value is -1.80. The number of hydrogen-bond acceptors (Lipinski definition) is 2. The molecule has 0 bridgehead atoms. The van der Waals surface area contributed by atoms with E-state index in [2.05, 4.69) is 36.1 Å². The minimum absolute atomic E-state index is 0.360. The Morgan fingerprint density at radius 1 is 0.895 bits per heavy atom. The van der Waals surface area contributed by atoms with Crippen molar-refractivity contribution in [2.45, 2.75) is 26.4 Å². The van der Waals surface area contributed by atoms with Gasteiger partial charge < -0.3 is 10.0 Å². The topological polar surface area (TPSA) is 23.5 Å². The fourth-order valence-corrected chi connectivity index (χ4v) is 2.23. The summed E-state index contributed by atoms with van der Waals surface area (Å²) in [6.07, 6.45) is 0.385. The van der Waals surface area contributed by atoms with E-state index >= 15 is 0 Å². The largest absolute Gasteiger partial charge is 0.388 e. The third-order valence-corrected chi connectivity index (χ3v) is 3.36. The van der Waals surface area contributed by atoms with Gasteiger partial charge in [-0.15, -0.1) is 0 Å². The van der Waals surface area contributed by atoms with Crippen LogP contribution in [0.1, 0.15) is 31.9 Å². The molecule has 2 aromatic carbocycles. The molecule has 0 fully saturated rings. The van der Waals surface area contributed by atoms with Gasteiger partial charge in [0, 0.05) is 17.9 Å². The summed E-state index contributed by atoms with van der Waals surface area (Å²) in [5.41, 5.74) is 3.32. The molecule has 2 rings (SSSR count). The molecule has 1 atom stereocenters. The lowest BCUT2D eigenvalue weighted by Gasteiger charge is -2.23. The van der Waals surface area contributed by atoms with E-state index in [4.69, 9.17) is 0 Å². The minimum atomic E-state index is -0.360. The van der Waals surface area contributed by atoms with Crippen LogP contribution in [-0.4, -0.2) is 11.7 Å². The van der Waals surface area contributed by atoms with E-state index in [-0.39, 0.29) is 6.10 Å². The average Bonchev–Trinajstić information content (AvgIpc) is 2.49. The standard InChI is InChI=1S/C17H21NO/c1-3-17(19)14-10-12-16(13-11-14)18(4-2)15-8-6-5-7-9-15/h5-13,17,19H,3-4H2,1-2H3/t17-/m0/s1. The van der Waals surface area contributed by atoms with Crippen molar-refractivity contribution in [2.75, 3.05) is 11.4 Å². The van der Waals surface area contributed by atoms with Crippen molar-refractivity contribution in [1.29, 1.82) is 0 Å². The summed E-state index contributed by atoms with van der Waals surface area (Å²) in [5, 5.41) is 9.82. The summed E-state index contributed by atoms with van der Waals surface area (Å²) in [7, 11) is 0. The lowest BCUT2D eigenvalue weighted by Crippen LogP contribution is -2.15. The van der Waals surface area contributed by atoms with Gasteiger partial charge in [0.15, 0.2) is 0 Å². The van der Waals surface area contributed by atoms with Crippen molar-refractivity contribution in [3.8, 4) is 0 Å². The molecule has 0 aromatic heterocycles. The summed E-state index contributed by atoms with van der Waals surface area (Å²) in [6, 6.07) is 18.5. The van der Waals surface area contributed by atoms with Gasteiger partial charge in [-0.3, -0.25) is 0 Å². The monoisotopic (exact) mass is 255 g/mol. The third kappa shape index (κ3) is 3.15. The second-order valence-corrected chi connectivity index (χ2v) is 4.60. The first-order valence-corrected chi connectivity index (χ1v) is 6.86. The number of benzene rings is 2. The lowest BCUT2D eigenvalue weighted by molar-refractivity contribution is 0.173. The first-order valence-electron chi connectivity index (χ1n) is 6.86. The number of nitrogens with zero attached hydrogens (tertiary/aromatic N) is 1. The van der Waals surface area contributed by atoms with E-state index in [1.165, 1.54) is 5.69 Å². The van der Waals surface area contributed by atoms with Gasteiger partial charge in [0.05, 0.1) is 6.10 Å². The fraction of sp³-hybridized carbons (Fsp3) is 0.294. The van der Waals surface area contributed by atoms with Crippen LogP contribution in [0.15, 0.2) is 54.6 Å². The SMILES string of the molecule is CC[C@H](O)c1ccc(N(CC)c2ccccc2)cc1. The van der Waals surface area contributed by atoms with Crippen LogP contribution in [0.3, 0.4) is 0 Å².